The molecule has 3 heterocycles. The van der Waals surface area contributed by atoms with E-state index in [2.05, 4.69) is 16.4 Å². The zero-order chi connectivity index (χ0) is 23.6. The van der Waals surface area contributed by atoms with Crippen LogP contribution in [0.15, 0.2) is 30.5 Å². The molecule has 2 aliphatic heterocycles. The Morgan fingerprint density at radius 2 is 2.09 bits per heavy atom. The van der Waals surface area contributed by atoms with Crippen LogP contribution in [0.4, 0.5) is 18.9 Å². The van der Waals surface area contributed by atoms with Crippen molar-refractivity contribution in [1.82, 2.24) is 15.2 Å². The summed E-state index contributed by atoms with van der Waals surface area (Å²) in [6.45, 7) is 1.31. The fraction of sp³-hybridized carbons (Fsp3) is 0.478. The number of piperidine rings is 1. The Balaban J connectivity index is 1.62. The highest BCUT2D eigenvalue weighted by Gasteiger charge is 2.45. The van der Waals surface area contributed by atoms with E-state index in [0.717, 1.165) is 6.42 Å². The summed E-state index contributed by atoms with van der Waals surface area (Å²) in [5.74, 6) is -2.05. The van der Waals surface area contributed by atoms with E-state index in [1.165, 1.54) is 6.20 Å². The number of pyridine rings is 1. The van der Waals surface area contributed by atoms with Gasteiger partial charge in [0.15, 0.2) is 0 Å². The van der Waals surface area contributed by atoms with Gasteiger partial charge in [-0.25, -0.2) is 0 Å². The van der Waals surface area contributed by atoms with Gasteiger partial charge in [0.2, 0.25) is 5.91 Å². The highest BCUT2D eigenvalue weighted by atomic mass is 19.4. The number of nitrogens with one attached hydrogen (secondary N) is 1. The van der Waals surface area contributed by atoms with Crippen molar-refractivity contribution in [3.05, 3.63) is 36.0 Å². The van der Waals surface area contributed by atoms with Gasteiger partial charge in [0, 0.05) is 55.9 Å². The second-order valence-corrected chi connectivity index (χ2v) is 8.54. The minimum absolute atomic E-state index is 0.0108. The number of halogens is 3. The lowest BCUT2D eigenvalue weighted by molar-refractivity contribution is -0.178. The van der Waals surface area contributed by atoms with Crippen molar-refractivity contribution in [3.8, 4) is 6.07 Å². The predicted octanol–water partition coefficient (Wildman–Crippen LogP) is 2.64. The molecule has 1 N–H and O–H groups in total. The molecule has 0 radical (unpaired) electrons. The number of carbonyl (C=O) groups is 2. The van der Waals surface area contributed by atoms with Crippen molar-refractivity contribution in [1.29, 1.82) is 5.26 Å². The molecule has 0 spiro atoms. The lowest BCUT2D eigenvalue weighted by Crippen LogP contribution is -2.58. The first kappa shape index (κ1) is 23.0. The quantitative estimate of drug-likeness (QED) is 0.669. The number of benzene rings is 1. The average molecular weight is 459 g/mol. The SMILES string of the molecule is N#Cc1ccc(N2C[C@@H](NC(=O)C(CC=O)N3CCC3)C[C@@H](C(F)(F)F)C2)c2cccnc12. The summed E-state index contributed by atoms with van der Waals surface area (Å²) < 4.78 is 41.4. The van der Waals surface area contributed by atoms with Crippen molar-refractivity contribution < 1.29 is 22.8 Å². The van der Waals surface area contributed by atoms with Crippen LogP contribution < -0.4 is 10.2 Å². The van der Waals surface area contributed by atoms with Crippen molar-refractivity contribution in [3.63, 3.8) is 0 Å². The maximum absolute atomic E-state index is 13.8. The molecule has 10 heteroatoms. The number of aromatic nitrogens is 1. The molecular weight excluding hydrogens is 435 g/mol. The number of hydrogen-bond acceptors (Lipinski definition) is 6. The van der Waals surface area contributed by atoms with E-state index < -0.39 is 30.1 Å². The first-order valence-corrected chi connectivity index (χ1v) is 10.9. The topological polar surface area (TPSA) is 89.3 Å². The van der Waals surface area contributed by atoms with Crippen LogP contribution in [0.25, 0.3) is 10.9 Å². The minimum atomic E-state index is -4.43. The van der Waals surface area contributed by atoms with Crippen molar-refractivity contribution in [2.24, 2.45) is 5.92 Å². The van der Waals surface area contributed by atoms with Gasteiger partial charge in [0.1, 0.15) is 12.4 Å². The smallest absolute Gasteiger partial charge is 0.368 e. The van der Waals surface area contributed by atoms with E-state index in [9.17, 15) is 28.0 Å². The standard InChI is InChI=1S/C23H24F3N5O2/c24-23(25,26)16-11-17(29-22(33)20(6-10-32)30-8-2-9-30)14-31(13-16)19-5-4-15(12-27)21-18(19)3-1-7-28-21/h1,3-5,7,10,16-17,20H,2,6,8-9,11,13-14H2,(H,29,33)/t16-,17+,20?/m1/s1. The molecule has 0 saturated carbocycles. The highest BCUT2D eigenvalue weighted by molar-refractivity contribution is 5.95. The number of aldehydes is 1. The monoisotopic (exact) mass is 459 g/mol. The minimum Gasteiger partial charge on any atom is -0.368 e. The molecule has 33 heavy (non-hydrogen) atoms. The van der Waals surface area contributed by atoms with Crippen LogP contribution >= 0.6 is 0 Å². The Kier molecular flexibility index (Phi) is 6.51. The van der Waals surface area contributed by atoms with Gasteiger partial charge in [-0.2, -0.15) is 18.4 Å². The molecule has 2 saturated heterocycles. The van der Waals surface area contributed by atoms with Gasteiger partial charge in [-0.1, -0.05) is 0 Å². The second-order valence-electron chi connectivity index (χ2n) is 8.54. The van der Waals surface area contributed by atoms with Gasteiger partial charge in [-0.05, 0) is 37.1 Å². The first-order valence-electron chi connectivity index (χ1n) is 10.9. The molecule has 174 valence electrons. The Labute approximate surface area is 189 Å². The second kappa shape index (κ2) is 9.35. The summed E-state index contributed by atoms with van der Waals surface area (Å²) in [7, 11) is 0. The molecule has 1 unspecified atom stereocenters. The number of nitrogens with zero attached hydrogens (tertiary/aromatic N) is 4. The van der Waals surface area contributed by atoms with Crippen LogP contribution in [0.3, 0.4) is 0 Å². The van der Waals surface area contributed by atoms with Crippen LogP contribution in [-0.2, 0) is 9.59 Å². The number of fused-ring (bicyclic) bond motifs is 1. The summed E-state index contributed by atoms with van der Waals surface area (Å²) >= 11 is 0. The van der Waals surface area contributed by atoms with E-state index in [0.29, 0.717) is 41.5 Å². The van der Waals surface area contributed by atoms with Crippen molar-refractivity contribution in [2.45, 2.75) is 37.5 Å². The molecular formula is C23H24F3N5O2. The predicted molar refractivity (Wildman–Crippen MR) is 115 cm³/mol. The Hall–Kier alpha value is -3.19. The Morgan fingerprint density at radius 3 is 2.73 bits per heavy atom. The molecule has 3 atom stereocenters. The summed E-state index contributed by atoms with van der Waals surface area (Å²) in [4.78, 5) is 31.7. The van der Waals surface area contributed by atoms with Gasteiger partial charge in [0.25, 0.3) is 0 Å². The molecule has 2 aromatic rings. The summed E-state index contributed by atoms with van der Waals surface area (Å²) in [5.41, 5.74) is 1.31. The lowest BCUT2D eigenvalue weighted by Gasteiger charge is -2.42. The zero-order valence-corrected chi connectivity index (χ0v) is 17.9. The number of nitriles is 1. The maximum atomic E-state index is 13.8. The fourth-order valence-corrected chi connectivity index (χ4v) is 4.62. The van der Waals surface area contributed by atoms with Gasteiger partial charge in [0.05, 0.1) is 23.0 Å². The molecule has 0 aliphatic carbocycles. The van der Waals surface area contributed by atoms with Gasteiger partial charge in [-0.15, -0.1) is 0 Å². The third kappa shape index (κ3) is 4.78. The number of amides is 1. The summed E-state index contributed by atoms with van der Waals surface area (Å²) in [6, 6.07) is 7.26. The van der Waals surface area contributed by atoms with Crippen LogP contribution in [-0.4, -0.2) is 66.5 Å². The van der Waals surface area contributed by atoms with Crippen LogP contribution in [0.1, 0.15) is 24.8 Å². The van der Waals surface area contributed by atoms with E-state index in [-0.39, 0.29) is 25.9 Å². The molecule has 1 aromatic heterocycles. The number of anilines is 1. The van der Waals surface area contributed by atoms with Crippen LogP contribution in [0.2, 0.25) is 0 Å². The maximum Gasteiger partial charge on any atom is 0.393 e. The van der Waals surface area contributed by atoms with E-state index in [1.54, 1.807) is 29.2 Å². The molecule has 4 rings (SSSR count). The van der Waals surface area contributed by atoms with E-state index in [1.807, 2.05) is 4.90 Å². The van der Waals surface area contributed by atoms with Gasteiger partial charge < -0.3 is 15.0 Å². The molecule has 1 aromatic carbocycles. The highest BCUT2D eigenvalue weighted by Crippen LogP contribution is 2.37. The lowest BCUT2D eigenvalue weighted by atomic mass is 9.92. The van der Waals surface area contributed by atoms with Crippen molar-refractivity contribution >= 4 is 28.8 Å². The third-order valence-corrected chi connectivity index (χ3v) is 6.42. The number of rotatable bonds is 6. The third-order valence-electron chi connectivity index (χ3n) is 6.42. The van der Waals surface area contributed by atoms with E-state index in [4.69, 9.17) is 0 Å². The molecule has 2 fully saturated rings. The van der Waals surface area contributed by atoms with Crippen LogP contribution in [0.5, 0.6) is 0 Å². The summed E-state index contributed by atoms with van der Waals surface area (Å²) in [6.07, 6.45) is -1.52. The zero-order valence-electron chi connectivity index (χ0n) is 17.9. The van der Waals surface area contributed by atoms with Gasteiger partial charge >= 0.3 is 6.18 Å². The molecule has 0 bridgehead atoms. The van der Waals surface area contributed by atoms with Crippen molar-refractivity contribution in [2.75, 3.05) is 31.1 Å². The Morgan fingerprint density at radius 1 is 1.30 bits per heavy atom. The fourth-order valence-electron chi connectivity index (χ4n) is 4.62. The largest absolute Gasteiger partial charge is 0.393 e. The van der Waals surface area contributed by atoms with E-state index >= 15 is 0 Å². The summed E-state index contributed by atoms with van der Waals surface area (Å²) in [5, 5.41) is 12.7. The average Bonchev–Trinajstić information content (AvgIpc) is 2.76. The number of hydrogen-bond donors (Lipinski definition) is 1. The Bertz CT molecular complexity index is 1080. The molecule has 7 nitrogen and oxygen atoms in total. The van der Waals surface area contributed by atoms with Gasteiger partial charge in [-0.3, -0.25) is 14.7 Å². The normalized spacial score (nSPS) is 22.3. The number of alkyl halides is 3. The first-order chi connectivity index (χ1) is 15.8. The van der Waals surface area contributed by atoms with Crippen LogP contribution in [0, 0.1) is 17.2 Å². The molecule has 1 amide bonds. The molecule has 2 aliphatic rings. The number of likely N-dealkylation sites (tertiary alicyclic amines) is 1. The number of carbonyl (C=O) groups excluding carboxylic acids is 2.